The zero-order valence-corrected chi connectivity index (χ0v) is 51.7. The quantitative estimate of drug-likeness (QED) is 0.124. The summed E-state index contributed by atoms with van der Waals surface area (Å²) in [4.78, 5) is 7.16. The van der Waals surface area contributed by atoms with Gasteiger partial charge < -0.3 is 19.8 Å². The molecule has 1 aliphatic heterocycles. The number of fused-ring (bicyclic) bond motifs is 6. The molecule has 444 valence electrons. The van der Waals surface area contributed by atoms with Crippen molar-refractivity contribution in [3.05, 3.63) is 142 Å². The Balaban J connectivity index is 0.000000196. The number of aliphatic hydroxyl groups is 2. The number of anilines is 1. The molecule has 3 aromatic rings. The number of rotatable bonds is 14. The summed E-state index contributed by atoms with van der Waals surface area (Å²) in [5, 5.41) is 24.1. The first kappa shape index (κ1) is 63.9. The average Bonchev–Trinajstić information content (AvgIpc) is 4.18. The Bertz CT molecular complexity index is 2920. The minimum Gasteiger partial charge on any atom is -0.453 e. The molecule has 6 fully saturated rings. The number of hydrogen-bond acceptors (Lipinski definition) is 5. The van der Waals surface area contributed by atoms with Crippen molar-refractivity contribution in [3.63, 3.8) is 0 Å². The van der Waals surface area contributed by atoms with Crippen LogP contribution in [0.4, 0.5) is 11.4 Å². The molecule has 81 heavy (non-hydrogen) atoms. The molecule has 0 aromatic heterocycles. The van der Waals surface area contributed by atoms with Gasteiger partial charge in [-0.2, -0.15) is 0 Å². The van der Waals surface area contributed by atoms with Gasteiger partial charge in [0, 0.05) is 31.7 Å². The predicted molar refractivity (Wildman–Crippen MR) is 351 cm³/mol. The second kappa shape index (κ2) is 28.7. The van der Waals surface area contributed by atoms with Crippen LogP contribution in [0.1, 0.15) is 207 Å². The lowest BCUT2D eigenvalue weighted by atomic mass is 9.60. The van der Waals surface area contributed by atoms with E-state index in [0.717, 1.165) is 137 Å². The summed E-state index contributed by atoms with van der Waals surface area (Å²) in [5.41, 5.74) is 11.4. The fraction of sp³-hybridized carbons (Fsp3) is 0.592. The second-order valence-electron chi connectivity index (χ2n) is 27.2. The molecular weight excluding hydrogens is 989 g/mol. The molecule has 0 saturated heterocycles. The summed E-state index contributed by atoms with van der Waals surface area (Å²) in [6, 6.07) is 16.4. The maximum atomic E-state index is 10.0. The Morgan fingerprint density at radius 1 is 0.704 bits per heavy atom. The van der Waals surface area contributed by atoms with Crippen molar-refractivity contribution in [2.45, 2.75) is 217 Å². The summed E-state index contributed by atoms with van der Waals surface area (Å²) >= 11 is 0. The maximum Gasteiger partial charge on any atom is 0.155 e. The zero-order valence-electron chi connectivity index (χ0n) is 51.7. The van der Waals surface area contributed by atoms with Gasteiger partial charge in [0.2, 0.25) is 0 Å². The van der Waals surface area contributed by atoms with Crippen LogP contribution in [0.15, 0.2) is 137 Å². The molecule has 10 atom stereocenters. The Morgan fingerprint density at radius 2 is 1.30 bits per heavy atom. The third kappa shape index (κ3) is 15.2. The lowest BCUT2D eigenvalue weighted by Gasteiger charge is -2.44. The molecule has 0 radical (unpaired) electrons. The zero-order chi connectivity index (χ0) is 57.3. The van der Waals surface area contributed by atoms with E-state index < -0.39 is 0 Å². The fourth-order valence-corrected chi connectivity index (χ4v) is 15.8. The van der Waals surface area contributed by atoms with E-state index in [1.54, 1.807) is 11.1 Å². The van der Waals surface area contributed by atoms with Crippen molar-refractivity contribution in [1.29, 1.82) is 0 Å². The fourth-order valence-electron chi connectivity index (χ4n) is 15.8. The van der Waals surface area contributed by atoms with Gasteiger partial charge in [-0.3, -0.25) is 0 Å². The summed E-state index contributed by atoms with van der Waals surface area (Å²) in [5.74, 6) is 7.95. The Hall–Kier alpha value is -4.71. The number of nitrogens with zero attached hydrogens (tertiary/aromatic N) is 2. The van der Waals surface area contributed by atoms with Gasteiger partial charge in [-0.1, -0.05) is 185 Å². The highest BCUT2D eigenvalue weighted by molar-refractivity contribution is 5.85. The molecule has 2 N–H and O–H groups in total. The van der Waals surface area contributed by atoms with Crippen LogP contribution < -0.4 is 20.2 Å². The maximum absolute atomic E-state index is 10.0. The highest BCUT2D eigenvalue weighted by Gasteiger charge is 2.51. The lowest BCUT2D eigenvalue weighted by molar-refractivity contribution is 0.0928. The highest BCUT2D eigenvalue weighted by atomic mass is 16.5. The third-order valence-electron chi connectivity index (χ3n) is 21.2. The van der Waals surface area contributed by atoms with Crippen LogP contribution in [0.3, 0.4) is 0 Å². The molecule has 0 bridgehead atoms. The number of allylic oxidation sites excluding steroid dienone is 10. The number of aliphatic hydroxyl groups excluding tert-OH is 2. The normalized spacial score (nSPS) is 29.7. The van der Waals surface area contributed by atoms with Crippen LogP contribution in [0.5, 0.6) is 11.5 Å². The van der Waals surface area contributed by atoms with Crippen molar-refractivity contribution in [1.82, 2.24) is 0 Å². The first-order chi connectivity index (χ1) is 38.3. The van der Waals surface area contributed by atoms with E-state index in [9.17, 15) is 10.2 Å². The lowest BCUT2D eigenvalue weighted by Crippen LogP contribution is -2.36. The van der Waals surface area contributed by atoms with Crippen molar-refractivity contribution >= 4 is 28.7 Å². The van der Waals surface area contributed by atoms with Gasteiger partial charge in [0.1, 0.15) is 11.0 Å². The molecule has 5 heteroatoms. The van der Waals surface area contributed by atoms with Crippen LogP contribution in [0, 0.1) is 58.2 Å². The van der Waals surface area contributed by atoms with Gasteiger partial charge in [-0.25, -0.2) is 4.99 Å². The highest BCUT2D eigenvalue weighted by Crippen LogP contribution is 2.61. The minimum absolute atomic E-state index is 0. The molecule has 6 saturated carbocycles. The molecule has 7 aliphatic rings. The van der Waals surface area contributed by atoms with E-state index in [2.05, 4.69) is 155 Å². The Labute approximate surface area is 494 Å². The third-order valence-corrected chi connectivity index (χ3v) is 21.2. The van der Waals surface area contributed by atoms with E-state index >= 15 is 0 Å². The average molecular weight is 1100 g/mol. The van der Waals surface area contributed by atoms with Gasteiger partial charge in [-0.15, -0.1) is 0 Å². The van der Waals surface area contributed by atoms with Crippen LogP contribution in [0.2, 0.25) is 0 Å². The van der Waals surface area contributed by atoms with Crippen molar-refractivity contribution in [2.24, 2.45) is 63.2 Å². The van der Waals surface area contributed by atoms with E-state index in [1.807, 2.05) is 24.3 Å². The summed E-state index contributed by atoms with van der Waals surface area (Å²) < 4.78 is 6.19. The van der Waals surface area contributed by atoms with Gasteiger partial charge >= 0.3 is 0 Å². The molecule has 0 unspecified atom stereocenters. The van der Waals surface area contributed by atoms with Crippen LogP contribution >= 0.6 is 0 Å². The second-order valence-corrected chi connectivity index (χ2v) is 27.2. The topological polar surface area (TPSA) is 65.3 Å². The van der Waals surface area contributed by atoms with Gasteiger partial charge in [0.25, 0.3) is 0 Å². The van der Waals surface area contributed by atoms with Crippen molar-refractivity contribution in [2.75, 3.05) is 18.0 Å². The molecule has 0 spiro atoms. The smallest absolute Gasteiger partial charge is 0.155 e. The van der Waals surface area contributed by atoms with Gasteiger partial charge in [0.15, 0.2) is 11.5 Å². The standard InChI is InChI=1S/C27H42O.C27H44O.C21H20N2O.CH4.H2/c1-19(2)20(3)8-6-10-24-14-16-26-22(9-7-17-27(24,26)5)12-13-23-18-25(28)15-11-21(23)4;1-19(2)8-6-9-21(4)25-15-16-26-22(10-7-17-27(25,26)5)12-13-23-18-24(28)14-11-20(23)3;1-4-23(5-2)15-10-11-18-19(13-15)24-20-12-14(3)16-8-6-7-9-17(16)21(20)22-18;;/h6,8,12-13,19-20,24-26,28H,4,7,9-11,14-18H2,1-3,5H3;12-13,19,21,24-26,28H,3,6-11,14-18H2,1-2,4-5H3;6-13H,3-5H2,1-2H3;1H4;1H/b8-6+,22-12+,23-13-;22-12+,23-13-;;;/t20-,24-,25-,26-,27+;21-,24+,25-,26+,27-;;;/m01.../s1. The number of benzene rings is 3. The molecule has 6 aliphatic carbocycles. The van der Waals surface area contributed by atoms with Gasteiger partial charge in [-0.05, 0) is 221 Å². The molecule has 1 heterocycles. The molecular formula is C76H112N2O3. The largest absolute Gasteiger partial charge is 0.453 e. The number of hydrogen-bond donors (Lipinski definition) is 2. The van der Waals surface area contributed by atoms with Gasteiger partial charge in [0.05, 0.1) is 12.2 Å². The van der Waals surface area contributed by atoms with E-state index in [1.165, 1.54) is 112 Å². The van der Waals surface area contributed by atoms with Crippen LogP contribution in [-0.4, -0.2) is 35.5 Å². The minimum atomic E-state index is -0.178. The SMILES string of the molecule is C.C=C1CC[C@H](O)C/C1=C/C=C1\CCC[C@]2(C)[C@@H](C/C=C/[C@H](C)C(C)C)CC[C@@H]12.C=C1CC[C@H](O)C/C1=C/C=C1\CCC[C@]2(C)[C@@H]([C@H](C)CCCC(C)C)CC[C@@H]12.C=c1cc2c(c3ccccc13)=Nc1ccc(N(CC)CC)cc1O2.[HH]. The first-order valence-corrected chi connectivity index (χ1v) is 32.2. The monoisotopic (exact) mass is 1100 g/mol. The van der Waals surface area contributed by atoms with Crippen molar-refractivity contribution < 1.29 is 16.4 Å². The number of ether oxygens (including phenoxy) is 1. The molecule has 10 rings (SSSR count). The molecule has 3 aromatic carbocycles. The van der Waals surface area contributed by atoms with Crippen molar-refractivity contribution in [3.8, 4) is 11.5 Å². The summed E-state index contributed by atoms with van der Waals surface area (Å²) in [7, 11) is 0. The first-order valence-electron chi connectivity index (χ1n) is 32.2. The molecule has 5 nitrogen and oxygen atoms in total. The predicted octanol–water partition coefficient (Wildman–Crippen LogP) is 20.0. The van der Waals surface area contributed by atoms with E-state index in [4.69, 9.17) is 9.73 Å². The Morgan fingerprint density at radius 3 is 1.90 bits per heavy atom. The summed E-state index contributed by atoms with van der Waals surface area (Å²) in [6.45, 7) is 38.3. The molecule has 0 amide bonds. The Kier molecular flexibility index (Phi) is 22.6. The van der Waals surface area contributed by atoms with Crippen LogP contribution in [-0.2, 0) is 0 Å². The van der Waals surface area contributed by atoms with E-state index in [0.29, 0.717) is 16.7 Å². The summed E-state index contributed by atoms with van der Waals surface area (Å²) in [6.07, 6.45) is 38.2. The van der Waals surface area contributed by atoms with Crippen LogP contribution in [0.25, 0.3) is 17.4 Å². The van der Waals surface area contributed by atoms with E-state index in [-0.39, 0.29) is 21.1 Å².